The molecule has 1 aliphatic heterocycles. The maximum absolute atomic E-state index is 14.1. The second kappa shape index (κ2) is 6.75. The lowest BCUT2D eigenvalue weighted by Gasteiger charge is -2.21. The standard InChI is InChI=1S/C19H19FN6O3/c1-11-14(5-6-29-11)26-16-7-12(20)3-4-15(16)24-10-21-18(17(24)19(26)27)25-8-13(9-28-2)22-23-25/h3-4,7-8,10-11,14H,5-6,9H2,1-2H3. The molecular formula is C19H19FN6O3. The molecule has 0 radical (unpaired) electrons. The highest BCUT2D eigenvalue weighted by Crippen LogP contribution is 2.29. The van der Waals surface area contributed by atoms with E-state index in [1.165, 1.54) is 16.8 Å². The van der Waals surface area contributed by atoms with Gasteiger partial charge in [-0.25, -0.2) is 9.37 Å². The second-order valence-electron chi connectivity index (χ2n) is 7.11. The predicted octanol–water partition coefficient (Wildman–Crippen LogP) is 1.87. The average molecular weight is 398 g/mol. The minimum atomic E-state index is -0.405. The summed E-state index contributed by atoms with van der Waals surface area (Å²) < 4.78 is 29.6. The van der Waals surface area contributed by atoms with Crippen molar-refractivity contribution in [2.24, 2.45) is 0 Å². The van der Waals surface area contributed by atoms with Gasteiger partial charge >= 0.3 is 0 Å². The van der Waals surface area contributed by atoms with Gasteiger partial charge in [-0.15, -0.1) is 5.10 Å². The van der Waals surface area contributed by atoms with Crippen LogP contribution < -0.4 is 5.56 Å². The van der Waals surface area contributed by atoms with Crippen molar-refractivity contribution in [1.29, 1.82) is 0 Å². The Balaban J connectivity index is 1.83. The Morgan fingerprint density at radius 1 is 1.34 bits per heavy atom. The van der Waals surface area contributed by atoms with Crippen LogP contribution >= 0.6 is 0 Å². The van der Waals surface area contributed by atoms with Gasteiger partial charge in [0.05, 0.1) is 36.0 Å². The van der Waals surface area contributed by atoms with Crippen molar-refractivity contribution in [3.8, 4) is 5.82 Å². The van der Waals surface area contributed by atoms with Crippen LogP contribution in [0.5, 0.6) is 0 Å². The van der Waals surface area contributed by atoms with Crippen LogP contribution in [0.4, 0.5) is 4.39 Å². The quantitative estimate of drug-likeness (QED) is 0.521. The lowest BCUT2D eigenvalue weighted by molar-refractivity contribution is 0.108. The minimum absolute atomic E-state index is 0.160. The van der Waals surface area contributed by atoms with E-state index in [-0.39, 0.29) is 17.7 Å². The Labute approximate surface area is 164 Å². The first-order valence-electron chi connectivity index (χ1n) is 9.31. The molecule has 0 bridgehead atoms. The molecule has 4 aromatic rings. The number of aromatic nitrogens is 6. The summed E-state index contributed by atoms with van der Waals surface area (Å²) >= 11 is 0. The van der Waals surface area contributed by atoms with Crippen LogP contribution in [0, 0.1) is 5.82 Å². The summed E-state index contributed by atoms with van der Waals surface area (Å²) in [6.07, 6.45) is 3.73. The summed E-state index contributed by atoms with van der Waals surface area (Å²) in [4.78, 5) is 18.0. The van der Waals surface area contributed by atoms with Crippen molar-refractivity contribution in [2.45, 2.75) is 32.1 Å². The lowest BCUT2D eigenvalue weighted by atomic mass is 10.1. The third-order valence-corrected chi connectivity index (χ3v) is 5.34. The van der Waals surface area contributed by atoms with Gasteiger partial charge in [-0.1, -0.05) is 5.21 Å². The summed E-state index contributed by atoms with van der Waals surface area (Å²) in [6, 6.07) is 4.21. The molecular weight excluding hydrogens is 379 g/mol. The zero-order chi connectivity index (χ0) is 20.1. The fourth-order valence-electron chi connectivity index (χ4n) is 4.01. The maximum atomic E-state index is 14.1. The Bertz CT molecular complexity index is 1280. The van der Waals surface area contributed by atoms with Gasteiger partial charge in [0.1, 0.15) is 17.8 Å². The lowest BCUT2D eigenvalue weighted by Crippen LogP contribution is -2.30. The molecule has 0 saturated carbocycles. The highest BCUT2D eigenvalue weighted by atomic mass is 19.1. The molecule has 1 aromatic carbocycles. The molecule has 150 valence electrons. The number of nitrogens with zero attached hydrogens (tertiary/aromatic N) is 6. The number of hydrogen-bond donors (Lipinski definition) is 0. The van der Waals surface area contributed by atoms with Crippen LogP contribution in [0.1, 0.15) is 25.1 Å². The average Bonchev–Trinajstić information content (AvgIpc) is 3.42. The monoisotopic (exact) mass is 398 g/mol. The molecule has 1 saturated heterocycles. The maximum Gasteiger partial charge on any atom is 0.279 e. The van der Waals surface area contributed by atoms with Crippen molar-refractivity contribution in [3.05, 3.63) is 52.6 Å². The summed E-state index contributed by atoms with van der Waals surface area (Å²) in [5.74, 6) is -0.0474. The van der Waals surface area contributed by atoms with Crippen LogP contribution in [0.15, 0.2) is 35.5 Å². The van der Waals surface area contributed by atoms with E-state index in [4.69, 9.17) is 9.47 Å². The highest BCUT2D eigenvalue weighted by molar-refractivity contribution is 5.81. The topological polar surface area (TPSA) is 88.5 Å². The fourth-order valence-corrected chi connectivity index (χ4v) is 4.01. The van der Waals surface area contributed by atoms with Crippen molar-refractivity contribution in [2.75, 3.05) is 13.7 Å². The van der Waals surface area contributed by atoms with E-state index in [9.17, 15) is 9.18 Å². The molecule has 1 aliphatic rings. The van der Waals surface area contributed by atoms with Gasteiger partial charge in [-0.3, -0.25) is 13.8 Å². The van der Waals surface area contributed by atoms with Gasteiger partial charge in [0.15, 0.2) is 11.3 Å². The van der Waals surface area contributed by atoms with Crippen molar-refractivity contribution >= 4 is 16.6 Å². The van der Waals surface area contributed by atoms with E-state index in [0.29, 0.717) is 47.7 Å². The number of benzene rings is 1. The summed E-state index contributed by atoms with van der Waals surface area (Å²) in [7, 11) is 1.57. The third-order valence-electron chi connectivity index (χ3n) is 5.34. The summed E-state index contributed by atoms with van der Waals surface area (Å²) in [6.45, 7) is 2.77. The van der Waals surface area contributed by atoms with Gasteiger partial charge in [0.25, 0.3) is 5.56 Å². The van der Waals surface area contributed by atoms with E-state index in [0.717, 1.165) is 0 Å². The molecule has 0 amide bonds. The second-order valence-corrected chi connectivity index (χ2v) is 7.11. The molecule has 2 unspecified atom stereocenters. The van der Waals surface area contributed by atoms with Crippen LogP contribution in [-0.2, 0) is 16.1 Å². The first-order chi connectivity index (χ1) is 14.1. The van der Waals surface area contributed by atoms with E-state index in [1.807, 2.05) is 6.92 Å². The normalized spacial score (nSPS) is 19.6. The highest BCUT2D eigenvalue weighted by Gasteiger charge is 2.30. The number of rotatable bonds is 4. The molecule has 0 N–H and O–H groups in total. The van der Waals surface area contributed by atoms with Crippen LogP contribution in [0.25, 0.3) is 22.4 Å². The molecule has 0 spiro atoms. The van der Waals surface area contributed by atoms with E-state index in [2.05, 4.69) is 15.3 Å². The fraction of sp³-hybridized carbons (Fsp3) is 0.368. The zero-order valence-corrected chi connectivity index (χ0v) is 15.9. The Morgan fingerprint density at radius 2 is 2.21 bits per heavy atom. The third kappa shape index (κ3) is 2.75. The van der Waals surface area contributed by atoms with Crippen LogP contribution in [-0.4, -0.2) is 48.8 Å². The molecule has 10 heteroatoms. The summed E-state index contributed by atoms with van der Waals surface area (Å²) in [5, 5.41) is 8.13. The Kier molecular flexibility index (Phi) is 4.18. The van der Waals surface area contributed by atoms with Crippen molar-refractivity contribution < 1.29 is 13.9 Å². The Hall–Kier alpha value is -3.11. The number of fused-ring (bicyclic) bond motifs is 3. The molecule has 2 atom stereocenters. The van der Waals surface area contributed by atoms with Crippen molar-refractivity contribution in [3.63, 3.8) is 0 Å². The number of methoxy groups -OCH3 is 1. The Morgan fingerprint density at radius 3 is 2.97 bits per heavy atom. The van der Waals surface area contributed by atoms with E-state index < -0.39 is 5.82 Å². The number of ether oxygens (including phenoxy) is 2. The van der Waals surface area contributed by atoms with Gasteiger partial charge in [-0.2, -0.15) is 4.68 Å². The van der Waals surface area contributed by atoms with Crippen LogP contribution in [0.2, 0.25) is 0 Å². The minimum Gasteiger partial charge on any atom is -0.378 e. The van der Waals surface area contributed by atoms with Gasteiger partial charge in [-0.05, 0) is 31.5 Å². The van der Waals surface area contributed by atoms with Gasteiger partial charge in [0.2, 0.25) is 0 Å². The molecule has 1 fully saturated rings. The van der Waals surface area contributed by atoms with Crippen molar-refractivity contribution in [1.82, 2.24) is 28.9 Å². The number of hydrogen-bond acceptors (Lipinski definition) is 6. The number of halogens is 1. The molecule has 0 aliphatic carbocycles. The smallest absolute Gasteiger partial charge is 0.279 e. The molecule has 4 heterocycles. The largest absolute Gasteiger partial charge is 0.378 e. The first-order valence-corrected chi connectivity index (χ1v) is 9.31. The molecule has 3 aromatic heterocycles. The molecule has 5 rings (SSSR count). The molecule has 29 heavy (non-hydrogen) atoms. The van der Waals surface area contributed by atoms with Gasteiger partial charge in [0, 0.05) is 13.7 Å². The predicted molar refractivity (Wildman–Crippen MR) is 102 cm³/mol. The summed E-state index contributed by atoms with van der Waals surface area (Å²) in [5.41, 5.74) is 1.87. The van der Waals surface area contributed by atoms with Gasteiger partial charge < -0.3 is 9.47 Å². The van der Waals surface area contributed by atoms with E-state index in [1.54, 1.807) is 34.7 Å². The van der Waals surface area contributed by atoms with Crippen LogP contribution in [0.3, 0.4) is 0 Å². The first kappa shape index (κ1) is 18.0. The SMILES string of the molecule is COCc1cn(-c2ncn3c2c(=O)n(C2CCOC2C)c2cc(F)ccc23)nn1. The van der Waals surface area contributed by atoms with E-state index >= 15 is 0 Å². The zero-order valence-electron chi connectivity index (χ0n) is 15.9. The number of imidazole rings is 1. The molecule has 9 nitrogen and oxygen atoms in total.